The Hall–Kier alpha value is -0.220. The highest BCUT2D eigenvalue weighted by Gasteiger charge is 2.11. The summed E-state index contributed by atoms with van der Waals surface area (Å²) in [6.07, 6.45) is -2.26. The van der Waals surface area contributed by atoms with Crippen molar-refractivity contribution < 1.29 is 8.78 Å². The van der Waals surface area contributed by atoms with E-state index in [2.05, 4.69) is 0 Å². The molecule has 0 rings (SSSR count). The number of nitrogens with zero attached hydrogens (tertiary/aromatic N) is 1. The molecule has 1 unspecified atom stereocenters. The van der Waals surface area contributed by atoms with Gasteiger partial charge in [-0.15, -0.1) is 0 Å². The molecule has 0 saturated heterocycles. The number of rotatable bonds is 4. The van der Waals surface area contributed by atoms with Gasteiger partial charge in [0.25, 0.3) is 6.43 Å². The summed E-state index contributed by atoms with van der Waals surface area (Å²) in [5.74, 6) is 0. The number of likely N-dealkylation sites (N-methyl/N-ethyl adjacent to an activating group) is 1. The van der Waals surface area contributed by atoms with Crippen molar-refractivity contribution in [3.63, 3.8) is 0 Å². The average molecular weight is 152 g/mol. The second kappa shape index (κ2) is 4.57. The van der Waals surface area contributed by atoms with Crippen LogP contribution in [0.1, 0.15) is 6.92 Å². The first-order valence-electron chi connectivity index (χ1n) is 3.26. The van der Waals surface area contributed by atoms with Gasteiger partial charge in [0.05, 0.1) is 6.54 Å². The number of nitrogens with two attached hydrogens (primary N) is 1. The molecule has 0 aromatic heterocycles. The fraction of sp³-hybridized carbons (Fsp3) is 1.00. The van der Waals surface area contributed by atoms with E-state index in [0.717, 1.165) is 0 Å². The molecular weight excluding hydrogens is 138 g/mol. The fourth-order valence-electron chi connectivity index (χ4n) is 0.578. The minimum absolute atomic E-state index is 0.0361. The molecule has 0 aromatic rings. The molecule has 2 nitrogen and oxygen atoms in total. The Balaban J connectivity index is 3.50. The van der Waals surface area contributed by atoms with Crippen molar-refractivity contribution in [2.45, 2.75) is 19.4 Å². The predicted molar refractivity (Wildman–Crippen MR) is 37.2 cm³/mol. The van der Waals surface area contributed by atoms with E-state index in [-0.39, 0.29) is 12.6 Å². The maximum absolute atomic E-state index is 11.7. The van der Waals surface area contributed by atoms with Crippen LogP contribution in [0.25, 0.3) is 0 Å². The SMILES string of the molecule is CC(CN)N(C)CC(F)F. The van der Waals surface area contributed by atoms with E-state index in [1.54, 1.807) is 11.9 Å². The Kier molecular flexibility index (Phi) is 4.47. The smallest absolute Gasteiger partial charge is 0.251 e. The summed E-state index contributed by atoms with van der Waals surface area (Å²) >= 11 is 0. The third-order valence-electron chi connectivity index (χ3n) is 1.52. The molecule has 10 heavy (non-hydrogen) atoms. The van der Waals surface area contributed by atoms with E-state index in [1.165, 1.54) is 0 Å². The van der Waals surface area contributed by atoms with Gasteiger partial charge in [0.1, 0.15) is 0 Å². The summed E-state index contributed by atoms with van der Waals surface area (Å²) in [5, 5.41) is 0. The van der Waals surface area contributed by atoms with Crippen molar-refractivity contribution >= 4 is 0 Å². The van der Waals surface area contributed by atoms with Crippen LogP contribution in [-0.4, -0.2) is 37.5 Å². The molecule has 0 spiro atoms. The lowest BCUT2D eigenvalue weighted by atomic mass is 10.3. The molecule has 0 fully saturated rings. The predicted octanol–water partition coefficient (Wildman–Crippen LogP) is 0.531. The van der Waals surface area contributed by atoms with Crippen LogP contribution in [0.5, 0.6) is 0 Å². The zero-order valence-electron chi connectivity index (χ0n) is 6.35. The zero-order chi connectivity index (χ0) is 8.15. The van der Waals surface area contributed by atoms with Crippen molar-refractivity contribution in [2.24, 2.45) is 5.73 Å². The highest BCUT2D eigenvalue weighted by molar-refractivity contribution is 4.63. The maximum atomic E-state index is 11.7. The molecule has 0 aliphatic rings. The molecule has 0 bridgehead atoms. The van der Waals surface area contributed by atoms with Crippen molar-refractivity contribution in [3.05, 3.63) is 0 Å². The van der Waals surface area contributed by atoms with Crippen LogP contribution in [0.3, 0.4) is 0 Å². The average Bonchev–Trinajstić information content (AvgIpc) is 1.85. The third-order valence-corrected chi connectivity index (χ3v) is 1.52. The molecule has 1 atom stereocenters. The highest BCUT2D eigenvalue weighted by atomic mass is 19.3. The number of halogens is 2. The van der Waals surface area contributed by atoms with Crippen LogP contribution in [-0.2, 0) is 0 Å². The molecule has 62 valence electrons. The normalized spacial score (nSPS) is 14.7. The molecule has 4 heteroatoms. The first-order valence-corrected chi connectivity index (χ1v) is 3.26. The quantitative estimate of drug-likeness (QED) is 0.636. The zero-order valence-corrected chi connectivity index (χ0v) is 6.35. The van der Waals surface area contributed by atoms with Crippen LogP contribution in [0.15, 0.2) is 0 Å². The first-order chi connectivity index (χ1) is 4.57. The molecule has 0 aromatic carbocycles. The van der Waals surface area contributed by atoms with Gasteiger partial charge in [-0.05, 0) is 14.0 Å². The third kappa shape index (κ3) is 3.74. The Morgan fingerprint density at radius 2 is 2.00 bits per heavy atom. The summed E-state index contributed by atoms with van der Waals surface area (Å²) in [7, 11) is 1.64. The standard InChI is InChI=1S/C6H14F2N2/c1-5(3-9)10(2)4-6(7)8/h5-6H,3-4,9H2,1-2H3. The van der Waals surface area contributed by atoms with E-state index in [0.29, 0.717) is 6.54 Å². The number of hydrogen-bond acceptors (Lipinski definition) is 2. The van der Waals surface area contributed by atoms with E-state index in [9.17, 15) is 8.78 Å². The van der Waals surface area contributed by atoms with Gasteiger partial charge in [0.2, 0.25) is 0 Å². The number of hydrogen-bond donors (Lipinski definition) is 1. The first kappa shape index (κ1) is 9.78. The topological polar surface area (TPSA) is 29.3 Å². The van der Waals surface area contributed by atoms with Crippen LogP contribution >= 0.6 is 0 Å². The molecule has 2 N–H and O–H groups in total. The van der Waals surface area contributed by atoms with Gasteiger partial charge in [-0.3, -0.25) is 4.90 Å². The van der Waals surface area contributed by atoms with Crippen molar-refractivity contribution in [1.29, 1.82) is 0 Å². The Labute approximate surface area is 60.0 Å². The molecule has 0 aliphatic carbocycles. The molecule has 0 radical (unpaired) electrons. The van der Waals surface area contributed by atoms with Gasteiger partial charge in [0.15, 0.2) is 0 Å². The van der Waals surface area contributed by atoms with E-state index in [4.69, 9.17) is 5.73 Å². The van der Waals surface area contributed by atoms with Gasteiger partial charge in [-0.25, -0.2) is 8.78 Å². The lowest BCUT2D eigenvalue weighted by molar-refractivity contribution is 0.0859. The summed E-state index contributed by atoms with van der Waals surface area (Å²) in [6, 6.07) is 0.0361. The Bertz CT molecular complexity index is 87.8. The van der Waals surface area contributed by atoms with E-state index < -0.39 is 6.43 Å². The van der Waals surface area contributed by atoms with Gasteiger partial charge in [0, 0.05) is 12.6 Å². The lowest BCUT2D eigenvalue weighted by Crippen LogP contribution is -2.38. The Morgan fingerprint density at radius 1 is 1.50 bits per heavy atom. The minimum atomic E-state index is -2.26. The van der Waals surface area contributed by atoms with E-state index >= 15 is 0 Å². The summed E-state index contributed by atoms with van der Waals surface area (Å²) in [5.41, 5.74) is 5.26. The second-order valence-corrected chi connectivity index (χ2v) is 2.42. The fourth-order valence-corrected chi connectivity index (χ4v) is 0.578. The Morgan fingerprint density at radius 3 is 2.30 bits per heavy atom. The second-order valence-electron chi connectivity index (χ2n) is 2.42. The maximum Gasteiger partial charge on any atom is 0.251 e. The molecule has 0 amide bonds. The lowest BCUT2D eigenvalue weighted by Gasteiger charge is -2.22. The number of alkyl halides is 2. The van der Waals surface area contributed by atoms with Crippen LogP contribution < -0.4 is 5.73 Å². The van der Waals surface area contributed by atoms with Gasteiger partial charge >= 0.3 is 0 Å². The van der Waals surface area contributed by atoms with Crippen molar-refractivity contribution in [2.75, 3.05) is 20.1 Å². The van der Waals surface area contributed by atoms with E-state index in [1.807, 2.05) is 6.92 Å². The largest absolute Gasteiger partial charge is 0.329 e. The molecular formula is C6H14F2N2. The van der Waals surface area contributed by atoms with Crippen LogP contribution in [0.4, 0.5) is 8.78 Å². The van der Waals surface area contributed by atoms with Crippen molar-refractivity contribution in [1.82, 2.24) is 4.90 Å². The van der Waals surface area contributed by atoms with Crippen LogP contribution in [0.2, 0.25) is 0 Å². The molecule has 0 heterocycles. The summed E-state index contributed by atoms with van der Waals surface area (Å²) in [4.78, 5) is 1.55. The van der Waals surface area contributed by atoms with Crippen LogP contribution in [0, 0.1) is 0 Å². The monoisotopic (exact) mass is 152 g/mol. The van der Waals surface area contributed by atoms with Gasteiger partial charge in [-0.2, -0.15) is 0 Å². The van der Waals surface area contributed by atoms with Gasteiger partial charge in [-0.1, -0.05) is 0 Å². The summed E-state index contributed by atoms with van der Waals surface area (Å²) < 4.78 is 23.4. The van der Waals surface area contributed by atoms with Crippen molar-refractivity contribution in [3.8, 4) is 0 Å². The molecule has 0 aliphatic heterocycles. The minimum Gasteiger partial charge on any atom is -0.329 e. The van der Waals surface area contributed by atoms with Gasteiger partial charge < -0.3 is 5.73 Å². The summed E-state index contributed by atoms with van der Waals surface area (Å²) in [6.45, 7) is 2.05. The highest BCUT2D eigenvalue weighted by Crippen LogP contribution is 1.99. The molecule has 0 saturated carbocycles.